The van der Waals surface area contributed by atoms with E-state index in [4.69, 9.17) is 16.3 Å². The number of morpholine rings is 1. The summed E-state index contributed by atoms with van der Waals surface area (Å²) in [7, 11) is 0. The number of ether oxygens (including phenoxy) is 1. The molecule has 6 nitrogen and oxygen atoms in total. The maximum atomic E-state index is 14.0. The molecule has 1 aliphatic heterocycles. The van der Waals surface area contributed by atoms with Gasteiger partial charge in [0.15, 0.2) is 5.78 Å². The van der Waals surface area contributed by atoms with E-state index < -0.39 is 11.6 Å². The minimum Gasteiger partial charge on any atom is -0.379 e. The molecule has 3 aromatic rings. The molecule has 0 spiro atoms. The van der Waals surface area contributed by atoms with Gasteiger partial charge in [-0.05, 0) is 55.0 Å². The van der Waals surface area contributed by atoms with E-state index >= 15 is 0 Å². The molecule has 0 atom stereocenters. The van der Waals surface area contributed by atoms with Gasteiger partial charge in [0, 0.05) is 54.6 Å². The second-order valence-electron chi connectivity index (χ2n) is 8.55. The average molecular weight is 514 g/mol. The van der Waals surface area contributed by atoms with Gasteiger partial charge in [-0.1, -0.05) is 17.7 Å². The summed E-state index contributed by atoms with van der Waals surface area (Å²) in [6.45, 7) is 5.42. The Morgan fingerprint density at radius 1 is 0.972 bits per heavy atom. The molecule has 36 heavy (non-hydrogen) atoms. The Labute approximate surface area is 213 Å². The van der Waals surface area contributed by atoms with Crippen LogP contribution < -0.4 is 10.6 Å². The van der Waals surface area contributed by atoms with E-state index in [0.29, 0.717) is 43.1 Å². The van der Waals surface area contributed by atoms with E-state index in [0.717, 1.165) is 30.8 Å². The van der Waals surface area contributed by atoms with Crippen LogP contribution in [0.5, 0.6) is 0 Å². The van der Waals surface area contributed by atoms with Gasteiger partial charge in [-0.15, -0.1) is 0 Å². The molecular weight excluding hydrogens is 488 g/mol. The number of carbonyl (C=O) groups excluding carboxylic acids is 2. The standard InChI is InChI=1S/C27H26ClF2N3O3/c1-17-2-4-19(32-26(34)8-9-33-10-12-36-13-11-33)15-22(17)27(35)21-6-5-20(16-23(21)28)31-25-7-3-18(29)14-24(25)30/h2-7,14-16,31H,8-13H2,1H3,(H,32,34). The van der Waals surface area contributed by atoms with Gasteiger partial charge in [0.05, 0.1) is 23.9 Å². The van der Waals surface area contributed by atoms with Gasteiger partial charge in [-0.2, -0.15) is 0 Å². The third-order valence-electron chi connectivity index (χ3n) is 5.95. The molecule has 0 aromatic heterocycles. The van der Waals surface area contributed by atoms with Gasteiger partial charge in [-0.3, -0.25) is 14.5 Å². The normalized spacial score (nSPS) is 13.9. The number of hydrogen-bond acceptors (Lipinski definition) is 5. The third kappa shape index (κ3) is 6.46. The lowest BCUT2D eigenvalue weighted by molar-refractivity contribution is -0.116. The molecule has 1 fully saturated rings. The lowest BCUT2D eigenvalue weighted by atomic mass is 9.98. The highest BCUT2D eigenvalue weighted by Gasteiger charge is 2.18. The Balaban J connectivity index is 1.44. The molecule has 0 saturated carbocycles. The van der Waals surface area contributed by atoms with Gasteiger partial charge < -0.3 is 15.4 Å². The summed E-state index contributed by atoms with van der Waals surface area (Å²) in [6, 6.07) is 13.0. The van der Waals surface area contributed by atoms with Crippen LogP contribution in [0.4, 0.5) is 25.8 Å². The molecule has 1 heterocycles. The lowest BCUT2D eigenvalue weighted by Crippen LogP contribution is -2.38. The van der Waals surface area contributed by atoms with E-state index in [1.807, 2.05) is 0 Å². The highest BCUT2D eigenvalue weighted by Crippen LogP contribution is 2.28. The molecule has 0 unspecified atom stereocenters. The van der Waals surface area contributed by atoms with Crippen LogP contribution in [0, 0.1) is 18.6 Å². The maximum absolute atomic E-state index is 14.0. The quantitative estimate of drug-likeness (QED) is 0.386. The zero-order valence-electron chi connectivity index (χ0n) is 19.7. The summed E-state index contributed by atoms with van der Waals surface area (Å²) < 4.78 is 32.4. The molecule has 0 bridgehead atoms. The molecular formula is C27H26ClF2N3O3. The van der Waals surface area contributed by atoms with Crippen molar-refractivity contribution in [2.24, 2.45) is 0 Å². The maximum Gasteiger partial charge on any atom is 0.225 e. The van der Waals surface area contributed by atoms with Crippen molar-refractivity contribution in [3.05, 3.63) is 87.9 Å². The molecule has 1 amide bonds. The second kappa shape index (κ2) is 11.6. The topological polar surface area (TPSA) is 70.7 Å². The average Bonchev–Trinajstić information content (AvgIpc) is 2.86. The minimum absolute atomic E-state index is 0.0828. The SMILES string of the molecule is Cc1ccc(NC(=O)CCN2CCOCC2)cc1C(=O)c1ccc(Nc2ccc(F)cc2F)cc1Cl. The van der Waals surface area contributed by atoms with Crippen LogP contribution in [0.2, 0.25) is 5.02 Å². The summed E-state index contributed by atoms with van der Waals surface area (Å²) in [5.74, 6) is -1.86. The first-order valence-corrected chi connectivity index (χ1v) is 11.9. The second-order valence-corrected chi connectivity index (χ2v) is 8.96. The Hall–Kier alpha value is -3.33. The van der Waals surface area contributed by atoms with Crippen molar-refractivity contribution in [2.75, 3.05) is 43.5 Å². The number of hydrogen-bond donors (Lipinski definition) is 2. The van der Waals surface area contributed by atoms with Crippen LogP contribution in [0.3, 0.4) is 0 Å². The number of amides is 1. The number of halogens is 3. The highest BCUT2D eigenvalue weighted by atomic mass is 35.5. The molecule has 1 aliphatic rings. The minimum atomic E-state index is -0.745. The number of rotatable bonds is 8. The van der Waals surface area contributed by atoms with E-state index in [9.17, 15) is 18.4 Å². The van der Waals surface area contributed by atoms with Crippen LogP contribution in [0.15, 0.2) is 54.6 Å². The zero-order chi connectivity index (χ0) is 25.7. The van der Waals surface area contributed by atoms with Gasteiger partial charge in [-0.25, -0.2) is 8.78 Å². The highest BCUT2D eigenvalue weighted by molar-refractivity contribution is 6.35. The Kier molecular flexibility index (Phi) is 8.30. The van der Waals surface area contributed by atoms with E-state index in [1.165, 1.54) is 12.1 Å². The Bertz CT molecular complexity index is 1280. The smallest absolute Gasteiger partial charge is 0.225 e. The van der Waals surface area contributed by atoms with E-state index in [-0.39, 0.29) is 28.0 Å². The molecule has 2 N–H and O–H groups in total. The Morgan fingerprint density at radius 2 is 1.72 bits per heavy atom. The summed E-state index contributed by atoms with van der Waals surface area (Å²) in [4.78, 5) is 27.9. The predicted octanol–water partition coefficient (Wildman–Crippen LogP) is 5.56. The van der Waals surface area contributed by atoms with Crippen molar-refractivity contribution in [1.29, 1.82) is 0 Å². The first-order chi connectivity index (χ1) is 17.3. The van der Waals surface area contributed by atoms with Gasteiger partial charge >= 0.3 is 0 Å². The molecule has 188 valence electrons. The van der Waals surface area contributed by atoms with Gasteiger partial charge in [0.1, 0.15) is 11.6 Å². The predicted molar refractivity (Wildman–Crippen MR) is 136 cm³/mol. The number of nitrogens with one attached hydrogen (secondary N) is 2. The number of nitrogens with zero attached hydrogens (tertiary/aromatic N) is 1. The molecule has 9 heteroatoms. The largest absolute Gasteiger partial charge is 0.379 e. The van der Waals surface area contributed by atoms with Crippen molar-refractivity contribution < 1.29 is 23.1 Å². The summed E-state index contributed by atoms with van der Waals surface area (Å²) in [5.41, 5.74) is 2.46. The zero-order valence-corrected chi connectivity index (χ0v) is 20.5. The van der Waals surface area contributed by atoms with E-state index in [2.05, 4.69) is 15.5 Å². The number of anilines is 3. The summed E-state index contributed by atoms with van der Waals surface area (Å²) >= 11 is 6.40. The fraction of sp³-hybridized carbons (Fsp3) is 0.259. The molecule has 1 saturated heterocycles. The van der Waals surface area contributed by atoms with E-state index in [1.54, 1.807) is 37.3 Å². The summed E-state index contributed by atoms with van der Waals surface area (Å²) in [6.07, 6.45) is 0.339. The van der Waals surface area contributed by atoms with Crippen molar-refractivity contribution in [2.45, 2.75) is 13.3 Å². The van der Waals surface area contributed by atoms with Crippen molar-refractivity contribution >= 4 is 40.4 Å². The first-order valence-electron chi connectivity index (χ1n) is 11.6. The first kappa shape index (κ1) is 25.8. The molecule has 0 aliphatic carbocycles. The van der Waals surface area contributed by atoms with Gasteiger partial charge in [0.2, 0.25) is 5.91 Å². The van der Waals surface area contributed by atoms with Crippen LogP contribution in [-0.2, 0) is 9.53 Å². The monoisotopic (exact) mass is 513 g/mol. The summed E-state index contributed by atoms with van der Waals surface area (Å²) in [5, 5.41) is 5.86. The number of carbonyl (C=O) groups is 2. The third-order valence-corrected chi connectivity index (χ3v) is 6.26. The fourth-order valence-corrected chi connectivity index (χ4v) is 4.19. The van der Waals surface area contributed by atoms with Crippen molar-refractivity contribution in [3.63, 3.8) is 0 Å². The lowest BCUT2D eigenvalue weighted by Gasteiger charge is -2.26. The number of ketones is 1. The van der Waals surface area contributed by atoms with Crippen LogP contribution >= 0.6 is 11.6 Å². The molecule has 3 aromatic carbocycles. The Morgan fingerprint density at radius 3 is 2.44 bits per heavy atom. The fourth-order valence-electron chi connectivity index (χ4n) is 3.92. The van der Waals surface area contributed by atoms with Crippen LogP contribution in [0.25, 0.3) is 0 Å². The van der Waals surface area contributed by atoms with Crippen LogP contribution in [-0.4, -0.2) is 49.4 Å². The molecule has 0 radical (unpaired) electrons. The van der Waals surface area contributed by atoms with Crippen molar-refractivity contribution in [1.82, 2.24) is 4.90 Å². The van der Waals surface area contributed by atoms with Crippen LogP contribution in [0.1, 0.15) is 27.9 Å². The number of benzene rings is 3. The van der Waals surface area contributed by atoms with Gasteiger partial charge in [0.25, 0.3) is 0 Å². The molecule has 4 rings (SSSR count). The van der Waals surface area contributed by atoms with Crippen molar-refractivity contribution in [3.8, 4) is 0 Å². The number of aryl methyl sites for hydroxylation is 1.